The van der Waals surface area contributed by atoms with E-state index >= 15 is 0 Å². The molecule has 134 valence electrons. The Morgan fingerprint density at radius 1 is 1.36 bits per heavy atom. The summed E-state index contributed by atoms with van der Waals surface area (Å²) in [5, 5.41) is 0.514. The first-order valence-electron chi connectivity index (χ1n) is 8.69. The zero-order valence-electron chi connectivity index (χ0n) is 14.7. The maximum absolute atomic E-state index is 13.0. The van der Waals surface area contributed by atoms with Gasteiger partial charge in [-0.15, -0.1) is 0 Å². The number of benzene rings is 1. The highest BCUT2D eigenvalue weighted by molar-refractivity contribution is 5.78. The van der Waals surface area contributed by atoms with Crippen molar-refractivity contribution in [3.8, 4) is 0 Å². The predicted octanol–water partition coefficient (Wildman–Crippen LogP) is -0.0643. The van der Waals surface area contributed by atoms with Crippen molar-refractivity contribution in [1.29, 1.82) is 0 Å². The van der Waals surface area contributed by atoms with Crippen LogP contribution in [0.15, 0.2) is 29.1 Å². The second-order valence-electron chi connectivity index (χ2n) is 6.18. The molecule has 0 saturated carbocycles. The maximum Gasteiger partial charge on any atom is 0.326 e. The highest BCUT2D eigenvalue weighted by Crippen LogP contribution is 2.12. The molecule has 1 aliphatic heterocycles. The number of rotatable bonds is 5. The Labute approximate surface area is 146 Å². The molecule has 0 amide bonds. The molecule has 1 aliphatic rings. The van der Waals surface area contributed by atoms with E-state index in [1.165, 1.54) is 9.47 Å². The van der Waals surface area contributed by atoms with Crippen molar-refractivity contribution in [1.82, 2.24) is 9.55 Å². The van der Waals surface area contributed by atoms with Crippen LogP contribution < -0.4 is 10.5 Å². The molecule has 1 fully saturated rings. The Hall–Kier alpha value is -2.25. The number of nitrogens with one attached hydrogen (secondary N) is 1. The number of fused-ring (bicyclic) bond motifs is 1. The van der Waals surface area contributed by atoms with Gasteiger partial charge in [-0.1, -0.05) is 12.1 Å². The van der Waals surface area contributed by atoms with Crippen LogP contribution in [0, 0.1) is 0 Å². The summed E-state index contributed by atoms with van der Waals surface area (Å²) >= 11 is 0. The first-order valence-corrected chi connectivity index (χ1v) is 8.69. The Morgan fingerprint density at radius 2 is 2.08 bits per heavy atom. The maximum atomic E-state index is 13.0. The van der Waals surface area contributed by atoms with Crippen LogP contribution in [-0.4, -0.2) is 48.4 Å². The van der Waals surface area contributed by atoms with Crippen LogP contribution in [0.4, 0.5) is 0 Å². The minimum atomic E-state index is -0.424. The second kappa shape index (κ2) is 7.76. The zero-order chi connectivity index (χ0) is 17.8. The Bertz CT molecular complexity index is 812. The van der Waals surface area contributed by atoms with Crippen LogP contribution in [0.1, 0.15) is 25.7 Å². The van der Waals surface area contributed by atoms with E-state index < -0.39 is 5.97 Å². The predicted molar refractivity (Wildman–Crippen MR) is 92.6 cm³/mol. The summed E-state index contributed by atoms with van der Waals surface area (Å²) < 4.78 is 11.9. The van der Waals surface area contributed by atoms with E-state index in [0.29, 0.717) is 29.9 Å². The van der Waals surface area contributed by atoms with Gasteiger partial charge in [0.15, 0.2) is 5.82 Å². The number of carbonyl (C=O) groups is 1. The first kappa shape index (κ1) is 17.6. The first-order chi connectivity index (χ1) is 12.1. The van der Waals surface area contributed by atoms with Gasteiger partial charge in [0.2, 0.25) is 0 Å². The Morgan fingerprint density at radius 3 is 2.80 bits per heavy atom. The lowest BCUT2D eigenvalue weighted by Gasteiger charge is -2.30. The Kier molecular flexibility index (Phi) is 5.45. The smallest absolute Gasteiger partial charge is 0.326 e. The van der Waals surface area contributed by atoms with Gasteiger partial charge in [-0.2, -0.15) is 0 Å². The van der Waals surface area contributed by atoms with Crippen LogP contribution in [0.5, 0.6) is 0 Å². The van der Waals surface area contributed by atoms with Crippen molar-refractivity contribution in [3.63, 3.8) is 0 Å². The summed E-state index contributed by atoms with van der Waals surface area (Å²) in [6.07, 6.45) is 0. The fraction of sp³-hybridized carbons (Fsp3) is 0.500. The summed E-state index contributed by atoms with van der Waals surface area (Å²) in [6, 6.07) is 7.21. The van der Waals surface area contributed by atoms with E-state index in [0.717, 1.165) is 13.1 Å². The molecule has 1 N–H and O–H groups in total. The summed E-state index contributed by atoms with van der Waals surface area (Å²) in [5.41, 5.74) is 0.454. The van der Waals surface area contributed by atoms with Gasteiger partial charge < -0.3 is 14.4 Å². The standard InChI is InChI=1S/C18H23N3O4/c1-3-25-16(22)12-21-17(13(2)20-8-10-24-11-9-20)19-15-7-5-4-6-14(15)18(21)23/h4-7,13H,3,8-12H2,1-2H3/p+1/t13-/m0/s1. The lowest BCUT2D eigenvalue weighted by Crippen LogP contribution is -3.14. The largest absolute Gasteiger partial charge is 0.465 e. The van der Waals surface area contributed by atoms with Gasteiger partial charge >= 0.3 is 5.97 Å². The van der Waals surface area contributed by atoms with Crippen LogP contribution in [-0.2, 0) is 20.8 Å². The fourth-order valence-corrected chi connectivity index (χ4v) is 3.25. The molecule has 7 nitrogen and oxygen atoms in total. The molecule has 1 aromatic carbocycles. The van der Waals surface area contributed by atoms with Crippen LogP contribution in [0.25, 0.3) is 10.9 Å². The molecule has 3 rings (SSSR count). The molecule has 1 atom stereocenters. The molecule has 1 aromatic heterocycles. The monoisotopic (exact) mass is 346 g/mol. The molecule has 0 spiro atoms. The lowest BCUT2D eigenvalue weighted by molar-refractivity contribution is -0.937. The molecule has 2 heterocycles. The average molecular weight is 346 g/mol. The number of morpholine rings is 1. The van der Waals surface area contributed by atoms with E-state index in [9.17, 15) is 9.59 Å². The molecule has 0 aliphatic carbocycles. The highest BCUT2D eigenvalue weighted by Gasteiger charge is 2.28. The van der Waals surface area contributed by atoms with Gasteiger partial charge in [0.1, 0.15) is 25.7 Å². The summed E-state index contributed by atoms with van der Waals surface area (Å²) in [5.74, 6) is 0.195. The van der Waals surface area contributed by atoms with E-state index in [2.05, 4.69) is 0 Å². The Balaban J connectivity index is 2.07. The van der Waals surface area contributed by atoms with Gasteiger partial charge in [-0.05, 0) is 26.0 Å². The second-order valence-corrected chi connectivity index (χ2v) is 6.18. The quantitative estimate of drug-likeness (QED) is 0.768. The van der Waals surface area contributed by atoms with Gasteiger partial charge in [-0.3, -0.25) is 14.2 Å². The molecule has 0 radical (unpaired) electrons. The van der Waals surface area contributed by atoms with Crippen molar-refractivity contribution >= 4 is 16.9 Å². The van der Waals surface area contributed by atoms with E-state index in [1.54, 1.807) is 19.1 Å². The van der Waals surface area contributed by atoms with Gasteiger partial charge in [0.25, 0.3) is 5.56 Å². The fourth-order valence-electron chi connectivity index (χ4n) is 3.25. The number of carbonyl (C=O) groups excluding carboxylic acids is 1. The SMILES string of the molecule is CCOC(=O)Cn1c([C@H](C)[NH+]2CCOCC2)nc2ccccc2c1=O. The number of hydrogen-bond acceptors (Lipinski definition) is 5. The van der Waals surface area contributed by atoms with Crippen LogP contribution in [0.3, 0.4) is 0 Å². The van der Waals surface area contributed by atoms with Crippen molar-refractivity contribution in [2.75, 3.05) is 32.9 Å². The third-order valence-electron chi connectivity index (χ3n) is 4.62. The van der Waals surface area contributed by atoms with Crippen molar-refractivity contribution < 1.29 is 19.2 Å². The normalized spacial score (nSPS) is 16.7. The van der Waals surface area contributed by atoms with E-state index in [1.807, 2.05) is 19.1 Å². The van der Waals surface area contributed by atoms with Gasteiger partial charge in [0, 0.05) is 0 Å². The number of aromatic nitrogens is 2. The summed E-state index contributed by atoms with van der Waals surface area (Å²) in [7, 11) is 0. The highest BCUT2D eigenvalue weighted by atomic mass is 16.5. The number of ether oxygens (including phenoxy) is 2. The molecule has 0 bridgehead atoms. The molecule has 2 aromatic rings. The van der Waals surface area contributed by atoms with Crippen molar-refractivity contribution in [3.05, 3.63) is 40.4 Å². The van der Waals surface area contributed by atoms with Crippen LogP contribution in [0.2, 0.25) is 0 Å². The third-order valence-corrected chi connectivity index (χ3v) is 4.62. The van der Waals surface area contributed by atoms with E-state index in [-0.39, 0.29) is 24.8 Å². The summed E-state index contributed by atoms with van der Waals surface area (Å²) in [4.78, 5) is 31.0. The van der Waals surface area contributed by atoms with Crippen molar-refractivity contribution in [2.24, 2.45) is 0 Å². The lowest BCUT2D eigenvalue weighted by atomic mass is 10.2. The number of para-hydroxylation sites is 1. The molecule has 7 heteroatoms. The molecule has 0 unspecified atom stereocenters. The van der Waals surface area contributed by atoms with Crippen molar-refractivity contribution in [2.45, 2.75) is 26.4 Å². The number of hydrogen-bond donors (Lipinski definition) is 1. The van der Waals surface area contributed by atoms with Gasteiger partial charge in [-0.25, -0.2) is 4.98 Å². The number of quaternary nitrogens is 1. The molecular formula is C18H24N3O4+. The minimum Gasteiger partial charge on any atom is -0.465 e. The topological polar surface area (TPSA) is 74.9 Å². The number of esters is 1. The minimum absolute atomic E-state index is 0.0179. The van der Waals surface area contributed by atoms with Crippen LogP contribution >= 0.6 is 0 Å². The third kappa shape index (κ3) is 3.72. The average Bonchev–Trinajstić information content (AvgIpc) is 2.64. The molecule has 25 heavy (non-hydrogen) atoms. The number of nitrogens with zero attached hydrogens (tertiary/aromatic N) is 2. The summed E-state index contributed by atoms with van der Waals surface area (Å²) in [6.45, 7) is 7.04. The van der Waals surface area contributed by atoms with E-state index in [4.69, 9.17) is 14.5 Å². The molecular weight excluding hydrogens is 322 g/mol. The molecule has 1 saturated heterocycles. The van der Waals surface area contributed by atoms with Gasteiger partial charge in [0.05, 0.1) is 30.7 Å². The zero-order valence-corrected chi connectivity index (χ0v) is 14.7.